The first-order valence-corrected chi connectivity index (χ1v) is 9.54. The molecule has 0 N–H and O–H groups in total. The maximum Gasteiger partial charge on any atom is 0.389 e. The van der Waals surface area contributed by atoms with Crippen LogP contribution in [-0.4, -0.2) is 35.6 Å². The predicted octanol–water partition coefficient (Wildman–Crippen LogP) is 3.15. The highest BCUT2D eigenvalue weighted by Gasteiger charge is 2.40. The van der Waals surface area contributed by atoms with Crippen molar-refractivity contribution < 1.29 is 26.1 Å². The topological polar surface area (TPSA) is 76.3 Å². The normalized spacial score (nSPS) is 19.9. The first-order chi connectivity index (χ1) is 11.3. The molecule has 0 radical (unpaired) electrons. The predicted molar refractivity (Wildman–Crippen MR) is 78.9 cm³/mol. The summed E-state index contributed by atoms with van der Waals surface area (Å²) in [6, 6.07) is 2.52. The van der Waals surface area contributed by atoms with Crippen LogP contribution in [0.3, 0.4) is 0 Å². The summed E-state index contributed by atoms with van der Waals surface area (Å²) >= 11 is 1.11. The van der Waals surface area contributed by atoms with Crippen molar-refractivity contribution in [3.05, 3.63) is 29.2 Å². The lowest BCUT2D eigenvalue weighted by Gasteiger charge is -2.20. The quantitative estimate of drug-likeness (QED) is 0.795. The van der Waals surface area contributed by atoms with E-state index < -0.39 is 35.1 Å². The van der Waals surface area contributed by atoms with Gasteiger partial charge in [0.25, 0.3) is 10.0 Å². The number of aryl methyl sites for hydroxylation is 1. The van der Waals surface area contributed by atoms with E-state index >= 15 is 0 Å². The maximum absolute atomic E-state index is 12.6. The zero-order valence-corrected chi connectivity index (χ0v) is 14.0. The summed E-state index contributed by atoms with van der Waals surface area (Å²) in [7, 11) is -3.67. The van der Waals surface area contributed by atoms with E-state index in [9.17, 15) is 21.6 Å². The van der Waals surface area contributed by atoms with Crippen molar-refractivity contribution in [2.45, 2.75) is 42.1 Å². The fraction of sp³-hybridized carbons (Fsp3) is 0.538. The van der Waals surface area contributed by atoms with Crippen molar-refractivity contribution in [3.8, 4) is 0 Å². The minimum atomic E-state index is -4.30. The molecule has 24 heavy (non-hydrogen) atoms. The van der Waals surface area contributed by atoms with Crippen LogP contribution in [0.5, 0.6) is 0 Å². The van der Waals surface area contributed by atoms with Gasteiger partial charge < -0.3 is 4.52 Å². The summed E-state index contributed by atoms with van der Waals surface area (Å²) < 4.78 is 68.6. The summed E-state index contributed by atoms with van der Waals surface area (Å²) in [4.78, 5) is 3.96. The molecule has 11 heteroatoms. The molecular weight excluding hydrogens is 367 g/mol. The maximum atomic E-state index is 12.6. The van der Waals surface area contributed by atoms with E-state index in [1.54, 1.807) is 11.4 Å². The van der Waals surface area contributed by atoms with E-state index in [1.807, 2.05) is 0 Å². The minimum absolute atomic E-state index is 0.0461. The average molecular weight is 381 g/mol. The third kappa shape index (κ3) is 3.62. The standard InChI is InChI=1S/C13H14F3N3O3S2/c14-13(15,16)6-5-10-17-12(22-18-10)9-3-1-7-19(9)24(20,21)11-4-2-8-23-11/h2,4,8-9H,1,3,5-7H2. The Labute approximate surface area is 140 Å². The fourth-order valence-corrected chi connectivity index (χ4v) is 5.33. The van der Waals surface area contributed by atoms with Crippen LogP contribution in [0, 0.1) is 0 Å². The van der Waals surface area contributed by atoms with Crippen LogP contribution < -0.4 is 0 Å². The van der Waals surface area contributed by atoms with Crippen molar-refractivity contribution in [3.63, 3.8) is 0 Å². The largest absolute Gasteiger partial charge is 0.389 e. The molecule has 2 aromatic rings. The third-order valence-corrected chi connectivity index (χ3v) is 6.94. The van der Waals surface area contributed by atoms with E-state index in [2.05, 4.69) is 10.1 Å². The Balaban J connectivity index is 1.78. The third-order valence-electron chi connectivity index (χ3n) is 3.66. The molecular formula is C13H14F3N3O3S2. The fourth-order valence-electron chi connectivity index (χ4n) is 2.56. The van der Waals surface area contributed by atoms with E-state index in [0.29, 0.717) is 19.4 Å². The van der Waals surface area contributed by atoms with Gasteiger partial charge in [-0.05, 0) is 24.3 Å². The molecule has 1 aliphatic rings. The molecule has 6 nitrogen and oxygen atoms in total. The molecule has 0 amide bonds. The number of aromatic nitrogens is 2. The monoisotopic (exact) mass is 381 g/mol. The van der Waals surface area contributed by atoms with Gasteiger partial charge in [-0.25, -0.2) is 8.42 Å². The molecule has 1 fully saturated rings. The number of hydrogen-bond acceptors (Lipinski definition) is 6. The zero-order valence-electron chi connectivity index (χ0n) is 12.4. The lowest BCUT2D eigenvalue weighted by Crippen LogP contribution is -2.30. The number of rotatable bonds is 5. The van der Waals surface area contributed by atoms with Gasteiger partial charge in [-0.1, -0.05) is 11.2 Å². The van der Waals surface area contributed by atoms with Crippen LogP contribution in [0.25, 0.3) is 0 Å². The lowest BCUT2D eigenvalue weighted by molar-refractivity contribution is -0.134. The SMILES string of the molecule is O=S(=O)(c1cccs1)N1CCCC1c1nc(CCC(F)(F)F)no1. The molecule has 1 saturated heterocycles. The van der Waals surface area contributed by atoms with Gasteiger partial charge in [-0.3, -0.25) is 0 Å². The number of sulfonamides is 1. The second-order valence-electron chi connectivity index (χ2n) is 5.37. The van der Waals surface area contributed by atoms with Gasteiger partial charge >= 0.3 is 6.18 Å². The molecule has 2 aromatic heterocycles. The lowest BCUT2D eigenvalue weighted by atomic mass is 10.2. The first-order valence-electron chi connectivity index (χ1n) is 7.22. The van der Waals surface area contributed by atoms with Gasteiger partial charge in [0, 0.05) is 13.0 Å². The van der Waals surface area contributed by atoms with Crippen molar-refractivity contribution in [1.29, 1.82) is 0 Å². The van der Waals surface area contributed by atoms with Gasteiger partial charge in [0.1, 0.15) is 10.3 Å². The van der Waals surface area contributed by atoms with Gasteiger partial charge in [0.2, 0.25) is 5.89 Å². The Morgan fingerprint density at radius 3 is 2.88 bits per heavy atom. The molecule has 0 aromatic carbocycles. The summed E-state index contributed by atoms with van der Waals surface area (Å²) in [5.74, 6) is -0.0208. The van der Waals surface area contributed by atoms with Gasteiger partial charge in [-0.15, -0.1) is 11.3 Å². The van der Waals surface area contributed by atoms with Crippen molar-refractivity contribution in [2.75, 3.05) is 6.54 Å². The van der Waals surface area contributed by atoms with E-state index in [1.165, 1.54) is 10.4 Å². The molecule has 3 heterocycles. The number of nitrogens with zero attached hydrogens (tertiary/aromatic N) is 3. The second-order valence-corrected chi connectivity index (χ2v) is 8.43. The summed E-state index contributed by atoms with van der Waals surface area (Å²) in [6.07, 6.45) is -4.63. The van der Waals surface area contributed by atoms with Crippen LogP contribution >= 0.6 is 11.3 Å². The summed E-state index contributed by atoms with van der Waals surface area (Å²) in [5.41, 5.74) is 0. The van der Waals surface area contributed by atoms with E-state index in [0.717, 1.165) is 11.3 Å². The van der Waals surface area contributed by atoms with E-state index in [4.69, 9.17) is 4.52 Å². The summed E-state index contributed by atoms with van der Waals surface area (Å²) in [6.45, 7) is 0.311. The number of alkyl halides is 3. The second kappa shape index (κ2) is 6.45. The van der Waals surface area contributed by atoms with Crippen LogP contribution in [0.4, 0.5) is 13.2 Å². The molecule has 3 rings (SSSR count). The van der Waals surface area contributed by atoms with Crippen LogP contribution in [0.2, 0.25) is 0 Å². The molecule has 1 aliphatic heterocycles. The van der Waals surface area contributed by atoms with Crippen molar-refractivity contribution >= 4 is 21.4 Å². The van der Waals surface area contributed by atoms with Crippen molar-refractivity contribution in [2.24, 2.45) is 0 Å². The Morgan fingerprint density at radius 1 is 1.42 bits per heavy atom. The smallest absolute Gasteiger partial charge is 0.338 e. The highest BCUT2D eigenvalue weighted by Crippen LogP contribution is 2.37. The minimum Gasteiger partial charge on any atom is -0.338 e. The van der Waals surface area contributed by atoms with Crippen molar-refractivity contribution in [1.82, 2.24) is 14.4 Å². The number of halogens is 3. The van der Waals surface area contributed by atoms with Gasteiger partial charge in [-0.2, -0.15) is 22.5 Å². The molecule has 0 bridgehead atoms. The molecule has 0 aliphatic carbocycles. The zero-order chi connectivity index (χ0) is 17.4. The molecule has 132 valence electrons. The van der Waals surface area contributed by atoms with E-state index in [-0.39, 0.29) is 15.9 Å². The highest BCUT2D eigenvalue weighted by molar-refractivity contribution is 7.91. The van der Waals surface area contributed by atoms with Crippen LogP contribution in [0.15, 0.2) is 26.2 Å². The number of thiophene rings is 1. The number of hydrogen-bond donors (Lipinski definition) is 0. The summed E-state index contributed by atoms with van der Waals surface area (Å²) in [5, 5.41) is 5.20. The van der Waals surface area contributed by atoms with Crippen LogP contribution in [0.1, 0.15) is 37.0 Å². The Hall–Kier alpha value is -1.46. The van der Waals surface area contributed by atoms with Gasteiger partial charge in [0.05, 0.1) is 6.42 Å². The average Bonchev–Trinajstić information content (AvgIpc) is 3.23. The Bertz CT molecular complexity index is 787. The Kier molecular flexibility index (Phi) is 4.67. The Morgan fingerprint density at radius 2 is 2.21 bits per heavy atom. The molecule has 1 unspecified atom stereocenters. The first kappa shape index (κ1) is 17.4. The van der Waals surface area contributed by atoms with Gasteiger partial charge in [0.15, 0.2) is 5.82 Å². The van der Waals surface area contributed by atoms with Crippen LogP contribution in [-0.2, 0) is 16.4 Å². The highest BCUT2D eigenvalue weighted by atomic mass is 32.2. The molecule has 1 atom stereocenters. The molecule has 0 spiro atoms. The molecule has 0 saturated carbocycles.